The van der Waals surface area contributed by atoms with Crippen LogP contribution in [0.25, 0.3) is 11.3 Å². The summed E-state index contributed by atoms with van der Waals surface area (Å²) in [6.45, 7) is 0.0367. The normalized spacial score (nSPS) is 12.8. The lowest BCUT2D eigenvalue weighted by Crippen LogP contribution is -2.25. The van der Waals surface area contributed by atoms with Crippen molar-refractivity contribution in [1.82, 2.24) is 9.97 Å². The minimum absolute atomic E-state index is 0.0367. The molecule has 0 bridgehead atoms. The third-order valence-corrected chi connectivity index (χ3v) is 3.92. The highest BCUT2D eigenvalue weighted by atomic mass is 35.5. The van der Waals surface area contributed by atoms with Crippen molar-refractivity contribution in [1.29, 1.82) is 0 Å². The molecule has 124 valence electrons. The maximum Gasteiger partial charge on any atom is 0.262 e. The molecule has 1 aromatic heterocycles. The third-order valence-electron chi connectivity index (χ3n) is 3.66. The van der Waals surface area contributed by atoms with Crippen molar-refractivity contribution in [2.24, 2.45) is 0 Å². The van der Waals surface area contributed by atoms with Crippen molar-refractivity contribution < 1.29 is 9.53 Å². The molecule has 0 radical (unpaired) electrons. The van der Waals surface area contributed by atoms with Gasteiger partial charge in [0.25, 0.3) is 5.91 Å². The Morgan fingerprint density at radius 3 is 2.80 bits per heavy atom. The molecule has 0 saturated heterocycles. The average Bonchev–Trinajstić information content (AvgIpc) is 2.63. The van der Waals surface area contributed by atoms with E-state index in [2.05, 4.69) is 20.6 Å². The van der Waals surface area contributed by atoms with Crippen LogP contribution in [0.2, 0.25) is 5.02 Å². The molecule has 2 heterocycles. The molecule has 0 saturated carbocycles. The molecule has 0 spiro atoms. The van der Waals surface area contributed by atoms with Gasteiger partial charge in [0.1, 0.15) is 5.75 Å². The zero-order valence-electron chi connectivity index (χ0n) is 13.0. The molecule has 1 aliphatic heterocycles. The summed E-state index contributed by atoms with van der Waals surface area (Å²) in [6.07, 6.45) is 1.68. The van der Waals surface area contributed by atoms with E-state index >= 15 is 0 Å². The predicted molar refractivity (Wildman–Crippen MR) is 96.3 cm³/mol. The first-order valence-electron chi connectivity index (χ1n) is 7.60. The van der Waals surface area contributed by atoms with Crippen LogP contribution in [0.15, 0.2) is 54.7 Å². The van der Waals surface area contributed by atoms with E-state index in [0.717, 1.165) is 16.9 Å². The van der Waals surface area contributed by atoms with Crippen molar-refractivity contribution in [3.05, 3.63) is 59.8 Å². The average molecular weight is 353 g/mol. The van der Waals surface area contributed by atoms with Gasteiger partial charge in [0.2, 0.25) is 5.95 Å². The number of aromatic nitrogens is 2. The van der Waals surface area contributed by atoms with Crippen LogP contribution in [-0.2, 0) is 4.79 Å². The number of rotatable bonds is 3. The van der Waals surface area contributed by atoms with E-state index in [4.69, 9.17) is 16.3 Å². The van der Waals surface area contributed by atoms with Crippen LogP contribution >= 0.6 is 11.6 Å². The Morgan fingerprint density at radius 1 is 1.12 bits per heavy atom. The van der Waals surface area contributed by atoms with E-state index in [0.29, 0.717) is 22.4 Å². The van der Waals surface area contributed by atoms with Crippen molar-refractivity contribution in [3.63, 3.8) is 0 Å². The van der Waals surface area contributed by atoms with Gasteiger partial charge in [-0.1, -0.05) is 11.6 Å². The minimum Gasteiger partial charge on any atom is -0.482 e. The van der Waals surface area contributed by atoms with Crippen LogP contribution in [0.4, 0.5) is 17.3 Å². The van der Waals surface area contributed by atoms with Gasteiger partial charge >= 0.3 is 0 Å². The molecular weight excluding hydrogens is 340 g/mol. The summed E-state index contributed by atoms with van der Waals surface area (Å²) in [5.74, 6) is 0.951. The van der Waals surface area contributed by atoms with Gasteiger partial charge in [0, 0.05) is 22.5 Å². The zero-order chi connectivity index (χ0) is 17.2. The third kappa shape index (κ3) is 3.39. The molecule has 2 aromatic carbocycles. The monoisotopic (exact) mass is 352 g/mol. The quantitative estimate of drug-likeness (QED) is 0.748. The zero-order valence-corrected chi connectivity index (χ0v) is 13.7. The highest BCUT2D eigenvalue weighted by molar-refractivity contribution is 6.30. The van der Waals surface area contributed by atoms with E-state index in [1.807, 2.05) is 30.3 Å². The summed E-state index contributed by atoms with van der Waals surface area (Å²) in [7, 11) is 0. The van der Waals surface area contributed by atoms with Gasteiger partial charge < -0.3 is 15.4 Å². The smallest absolute Gasteiger partial charge is 0.262 e. The SMILES string of the molecule is O=C1COc2ccc(-c3ccnc(Nc4ccc(Cl)cc4)n3)cc2N1. The number of carbonyl (C=O) groups is 1. The number of halogens is 1. The first kappa shape index (κ1) is 15.4. The largest absolute Gasteiger partial charge is 0.482 e. The van der Waals surface area contributed by atoms with Crippen LogP contribution in [0.3, 0.4) is 0 Å². The number of ether oxygens (including phenoxy) is 1. The van der Waals surface area contributed by atoms with Crippen molar-refractivity contribution in [2.45, 2.75) is 0 Å². The van der Waals surface area contributed by atoms with Crippen LogP contribution in [0, 0.1) is 0 Å². The molecule has 6 nitrogen and oxygen atoms in total. The number of amides is 1. The Labute approximate surface area is 148 Å². The van der Waals surface area contributed by atoms with Crippen LogP contribution < -0.4 is 15.4 Å². The van der Waals surface area contributed by atoms with E-state index in [1.165, 1.54) is 0 Å². The molecule has 7 heteroatoms. The molecule has 1 aliphatic rings. The van der Waals surface area contributed by atoms with E-state index in [1.54, 1.807) is 24.4 Å². The molecule has 0 aliphatic carbocycles. The maximum absolute atomic E-state index is 11.5. The summed E-state index contributed by atoms with van der Waals surface area (Å²) < 4.78 is 5.37. The Morgan fingerprint density at radius 2 is 1.96 bits per heavy atom. The first-order valence-corrected chi connectivity index (χ1v) is 7.98. The molecule has 4 rings (SSSR count). The Hall–Kier alpha value is -3.12. The van der Waals surface area contributed by atoms with E-state index in [-0.39, 0.29) is 12.5 Å². The molecule has 25 heavy (non-hydrogen) atoms. The standard InChI is InChI=1S/C18H13ClN4O2/c19-12-2-4-13(5-3-12)21-18-20-8-7-14(23-18)11-1-6-16-15(9-11)22-17(24)10-25-16/h1-9H,10H2,(H,22,24)(H,20,21,23). The Kier molecular flexibility index (Phi) is 3.95. The van der Waals surface area contributed by atoms with Gasteiger partial charge in [0.05, 0.1) is 11.4 Å². The van der Waals surface area contributed by atoms with Gasteiger partial charge in [-0.25, -0.2) is 9.97 Å². The Bertz CT molecular complexity index is 944. The maximum atomic E-state index is 11.5. The number of carbonyl (C=O) groups excluding carboxylic acids is 1. The second-order valence-electron chi connectivity index (χ2n) is 5.45. The topological polar surface area (TPSA) is 76.1 Å². The van der Waals surface area contributed by atoms with E-state index < -0.39 is 0 Å². The van der Waals surface area contributed by atoms with Crippen molar-refractivity contribution in [2.75, 3.05) is 17.2 Å². The summed E-state index contributed by atoms with van der Waals surface area (Å²) in [5.41, 5.74) is 3.06. The van der Waals surface area contributed by atoms with Crippen LogP contribution in [0.5, 0.6) is 5.75 Å². The fourth-order valence-corrected chi connectivity index (χ4v) is 2.61. The first-order chi connectivity index (χ1) is 12.2. The fourth-order valence-electron chi connectivity index (χ4n) is 2.48. The number of hydrogen-bond donors (Lipinski definition) is 2. The lowest BCUT2D eigenvalue weighted by atomic mass is 10.1. The number of benzene rings is 2. The van der Waals surface area contributed by atoms with Crippen molar-refractivity contribution >= 4 is 34.8 Å². The summed E-state index contributed by atoms with van der Waals surface area (Å²) in [6, 6.07) is 14.6. The number of fused-ring (bicyclic) bond motifs is 1. The molecular formula is C18H13ClN4O2. The lowest BCUT2D eigenvalue weighted by molar-refractivity contribution is -0.118. The molecule has 1 amide bonds. The number of nitrogens with one attached hydrogen (secondary N) is 2. The summed E-state index contributed by atoms with van der Waals surface area (Å²) in [4.78, 5) is 20.2. The highest BCUT2D eigenvalue weighted by Crippen LogP contribution is 2.32. The lowest BCUT2D eigenvalue weighted by Gasteiger charge is -2.18. The summed E-state index contributed by atoms with van der Waals surface area (Å²) >= 11 is 5.89. The number of hydrogen-bond acceptors (Lipinski definition) is 5. The number of nitrogens with zero attached hydrogens (tertiary/aromatic N) is 2. The Balaban J connectivity index is 1.62. The van der Waals surface area contributed by atoms with Gasteiger partial charge in [-0.3, -0.25) is 4.79 Å². The van der Waals surface area contributed by atoms with Gasteiger partial charge in [-0.05, 0) is 48.5 Å². The summed E-state index contributed by atoms with van der Waals surface area (Å²) in [5, 5.41) is 6.59. The minimum atomic E-state index is -0.169. The van der Waals surface area contributed by atoms with Gasteiger partial charge in [-0.2, -0.15) is 0 Å². The molecule has 0 fully saturated rings. The van der Waals surface area contributed by atoms with Crippen molar-refractivity contribution in [3.8, 4) is 17.0 Å². The van der Waals surface area contributed by atoms with Crippen LogP contribution in [0.1, 0.15) is 0 Å². The van der Waals surface area contributed by atoms with Gasteiger partial charge in [0.15, 0.2) is 6.61 Å². The number of anilines is 3. The fraction of sp³-hybridized carbons (Fsp3) is 0.0556. The molecule has 2 N–H and O–H groups in total. The van der Waals surface area contributed by atoms with Crippen LogP contribution in [-0.4, -0.2) is 22.5 Å². The molecule has 0 atom stereocenters. The molecule has 3 aromatic rings. The second kappa shape index (κ2) is 6.41. The predicted octanol–water partition coefficient (Wildman–Crippen LogP) is 3.87. The van der Waals surface area contributed by atoms with E-state index in [9.17, 15) is 4.79 Å². The second-order valence-corrected chi connectivity index (χ2v) is 5.88. The molecule has 0 unspecified atom stereocenters. The van der Waals surface area contributed by atoms with Gasteiger partial charge in [-0.15, -0.1) is 0 Å². The highest BCUT2D eigenvalue weighted by Gasteiger charge is 2.16.